The first-order valence-electron chi connectivity index (χ1n) is 6.47. The van der Waals surface area contributed by atoms with E-state index in [0.717, 1.165) is 12.0 Å². The minimum atomic E-state index is 0.158. The van der Waals surface area contributed by atoms with Gasteiger partial charge in [-0.25, -0.2) is 0 Å². The molecule has 1 aliphatic rings. The second-order valence-corrected chi connectivity index (χ2v) is 6.52. The molecule has 0 amide bonds. The number of benzene rings is 1. The minimum Gasteiger partial charge on any atom is -0.299 e. The Labute approximate surface area is 114 Å². The molecular formula is C16H20OS. The highest BCUT2D eigenvalue weighted by Gasteiger charge is 2.34. The van der Waals surface area contributed by atoms with Crippen LogP contribution in [-0.2, 0) is 4.79 Å². The van der Waals surface area contributed by atoms with Gasteiger partial charge in [0.25, 0.3) is 0 Å². The fourth-order valence-electron chi connectivity index (χ4n) is 2.40. The molecule has 2 heteroatoms. The van der Waals surface area contributed by atoms with Crippen molar-refractivity contribution in [3.8, 4) is 0 Å². The molecule has 0 aromatic heterocycles. The second kappa shape index (κ2) is 5.75. The number of Topliss-reactive ketones (excluding diaryl/α,β-unsaturated/α-hetero) is 1. The minimum absolute atomic E-state index is 0.158. The van der Waals surface area contributed by atoms with Gasteiger partial charge in [-0.1, -0.05) is 37.3 Å². The summed E-state index contributed by atoms with van der Waals surface area (Å²) in [6, 6.07) is 10.4. The van der Waals surface area contributed by atoms with Gasteiger partial charge in [0, 0.05) is 22.5 Å². The summed E-state index contributed by atoms with van der Waals surface area (Å²) >= 11 is 1.84. The van der Waals surface area contributed by atoms with E-state index in [4.69, 9.17) is 0 Å². The molecule has 1 aromatic carbocycles. The second-order valence-electron chi connectivity index (χ2n) is 5.21. The normalized spacial score (nSPS) is 28.1. The van der Waals surface area contributed by atoms with E-state index in [1.807, 2.05) is 36.9 Å². The van der Waals surface area contributed by atoms with E-state index >= 15 is 0 Å². The Kier molecular flexibility index (Phi) is 4.28. The van der Waals surface area contributed by atoms with Crippen molar-refractivity contribution in [2.45, 2.75) is 36.8 Å². The fourth-order valence-corrected chi connectivity index (χ4v) is 3.75. The van der Waals surface area contributed by atoms with Crippen LogP contribution >= 0.6 is 11.8 Å². The van der Waals surface area contributed by atoms with Crippen LogP contribution < -0.4 is 0 Å². The van der Waals surface area contributed by atoms with Crippen LogP contribution in [0.4, 0.5) is 0 Å². The van der Waals surface area contributed by atoms with Gasteiger partial charge in [-0.2, -0.15) is 0 Å². The van der Waals surface area contributed by atoms with Gasteiger partial charge in [0.05, 0.1) is 0 Å². The molecule has 96 valence electrons. The Bertz CT molecular complexity index is 438. The molecule has 1 fully saturated rings. The lowest BCUT2D eigenvalue weighted by Gasteiger charge is -2.33. The lowest BCUT2D eigenvalue weighted by molar-refractivity contribution is -0.124. The first kappa shape index (κ1) is 13.4. The van der Waals surface area contributed by atoms with E-state index in [0.29, 0.717) is 23.4 Å². The zero-order valence-electron chi connectivity index (χ0n) is 11.1. The Balaban J connectivity index is 2.10. The molecule has 3 atom stereocenters. The first-order valence-corrected chi connectivity index (χ1v) is 7.35. The van der Waals surface area contributed by atoms with Crippen LogP contribution in [0.3, 0.4) is 0 Å². The van der Waals surface area contributed by atoms with Crippen LogP contribution in [0, 0.1) is 11.8 Å². The largest absolute Gasteiger partial charge is 0.299 e. The van der Waals surface area contributed by atoms with Gasteiger partial charge in [-0.15, -0.1) is 11.8 Å². The van der Waals surface area contributed by atoms with Gasteiger partial charge in [-0.3, -0.25) is 4.79 Å². The SMILES string of the molecule is C=C(C)[C@H]1CC(=O)[C@H](C)[C@H](Sc2ccccc2)C1. The Morgan fingerprint density at radius 2 is 2.00 bits per heavy atom. The average molecular weight is 260 g/mol. The van der Waals surface area contributed by atoms with Crippen LogP contribution in [0.25, 0.3) is 0 Å². The van der Waals surface area contributed by atoms with Crippen molar-refractivity contribution in [2.24, 2.45) is 11.8 Å². The van der Waals surface area contributed by atoms with Crippen molar-refractivity contribution < 1.29 is 4.79 Å². The molecule has 1 aliphatic carbocycles. The topological polar surface area (TPSA) is 17.1 Å². The lowest BCUT2D eigenvalue weighted by atomic mass is 9.79. The number of allylic oxidation sites excluding steroid dienone is 1. The van der Waals surface area contributed by atoms with Crippen LogP contribution in [0.2, 0.25) is 0 Å². The third-order valence-electron chi connectivity index (χ3n) is 3.76. The van der Waals surface area contributed by atoms with E-state index in [2.05, 4.69) is 25.6 Å². The van der Waals surface area contributed by atoms with Gasteiger partial charge in [0.15, 0.2) is 0 Å². The van der Waals surface area contributed by atoms with E-state index in [1.165, 1.54) is 4.90 Å². The van der Waals surface area contributed by atoms with E-state index in [9.17, 15) is 4.79 Å². The Morgan fingerprint density at radius 1 is 1.33 bits per heavy atom. The number of carbonyl (C=O) groups excluding carboxylic acids is 1. The number of rotatable bonds is 3. The average Bonchev–Trinajstić information content (AvgIpc) is 2.35. The van der Waals surface area contributed by atoms with Gasteiger partial charge in [0.1, 0.15) is 5.78 Å². The summed E-state index contributed by atoms with van der Waals surface area (Å²) in [4.78, 5) is 13.3. The highest BCUT2D eigenvalue weighted by Crippen LogP contribution is 2.39. The summed E-state index contributed by atoms with van der Waals surface area (Å²) < 4.78 is 0. The molecule has 18 heavy (non-hydrogen) atoms. The molecule has 0 bridgehead atoms. The predicted octanol–water partition coefficient (Wildman–Crippen LogP) is 4.34. The monoisotopic (exact) mass is 260 g/mol. The van der Waals surface area contributed by atoms with E-state index in [1.54, 1.807) is 0 Å². The van der Waals surface area contributed by atoms with Gasteiger partial charge in [-0.05, 0) is 31.4 Å². The summed E-state index contributed by atoms with van der Waals surface area (Å²) in [5, 5.41) is 0.385. The van der Waals surface area contributed by atoms with Gasteiger partial charge in [0.2, 0.25) is 0 Å². The molecule has 0 unspecified atom stereocenters. The highest BCUT2D eigenvalue weighted by atomic mass is 32.2. The van der Waals surface area contributed by atoms with Crippen molar-refractivity contribution >= 4 is 17.5 Å². The third-order valence-corrected chi connectivity index (χ3v) is 5.21. The van der Waals surface area contributed by atoms with E-state index < -0.39 is 0 Å². The number of hydrogen-bond donors (Lipinski definition) is 0. The van der Waals surface area contributed by atoms with Crippen molar-refractivity contribution in [3.05, 3.63) is 42.5 Å². The fraction of sp³-hybridized carbons (Fsp3) is 0.438. The molecule has 2 rings (SSSR count). The molecular weight excluding hydrogens is 240 g/mol. The number of thioether (sulfide) groups is 1. The molecule has 0 heterocycles. The molecule has 1 saturated carbocycles. The number of ketones is 1. The van der Waals surface area contributed by atoms with Crippen molar-refractivity contribution in [1.82, 2.24) is 0 Å². The molecule has 1 aromatic rings. The van der Waals surface area contributed by atoms with Crippen LogP contribution in [0.15, 0.2) is 47.4 Å². The Morgan fingerprint density at radius 3 is 2.61 bits per heavy atom. The van der Waals surface area contributed by atoms with Crippen LogP contribution in [-0.4, -0.2) is 11.0 Å². The maximum Gasteiger partial charge on any atom is 0.137 e. The summed E-state index contributed by atoms with van der Waals surface area (Å²) in [5.74, 6) is 0.920. The maximum atomic E-state index is 12.1. The molecule has 0 radical (unpaired) electrons. The molecule has 0 aliphatic heterocycles. The number of carbonyl (C=O) groups is 1. The quantitative estimate of drug-likeness (QED) is 0.752. The zero-order valence-corrected chi connectivity index (χ0v) is 11.9. The first-order chi connectivity index (χ1) is 8.58. The Hall–Kier alpha value is -1.02. The number of hydrogen-bond acceptors (Lipinski definition) is 2. The van der Waals surface area contributed by atoms with Crippen molar-refractivity contribution in [3.63, 3.8) is 0 Å². The standard InChI is InChI=1S/C16H20OS/c1-11(2)13-9-15(17)12(3)16(10-13)18-14-7-5-4-6-8-14/h4-8,12-13,16H,1,9-10H2,2-3H3/t12-,13-,16+/m0/s1. The molecule has 1 nitrogen and oxygen atoms in total. The molecule has 0 saturated heterocycles. The van der Waals surface area contributed by atoms with E-state index in [-0.39, 0.29) is 5.92 Å². The van der Waals surface area contributed by atoms with Gasteiger partial charge >= 0.3 is 0 Å². The summed E-state index contributed by atoms with van der Waals surface area (Å²) in [7, 11) is 0. The van der Waals surface area contributed by atoms with Crippen LogP contribution in [0.5, 0.6) is 0 Å². The third kappa shape index (κ3) is 3.05. The summed E-state index contributed by atoms with van der Waals surface area (Å²) in [6.07, 6.45) is 1.75. The smallest absolute Gasteiger partial charge is 0.137 e. The molecule has 0 spiro atoms. The zero-order chi connectivity index (χ0) is 13.1. The van der Waals surface area contributed by atoms with Crippen LogP contribution in [0.1, 0.15) is 26.7 Å². The maximum absolute atomic E-state index is 12.1. The summed E-state index contributed by atoms with van der Waals surface area (Å²) in [5.41, 5.74) is 1.15. The predicted molar refractivity (Wildman–Crippen MR) is 77.8 cm³/mol. The summed E-state index contributed by atoms with van der Waals surface area (Å²) in [6.45, 7) is 8.13. The highest BCUT2D eigenvalue weighted by molar-refractivity contribution is 8.00. The van der Waals surface area contributed by atoms with Gasteiger partial charge < -0.3 is 0 Å². The van der Waals surface area contributed by atoms with Crippen molar-refractivity contribution in [2.75, 3.05) is 0 Å². The van der Waals surface area contributed by atoms with Crippen molar-refractivity contribution in [1.29, 1.82) is 0 Å². The lowest BCUT2D eigenvalue weighted by Crippen LogP contribution is -2.33. The molecule has 0 N–H and O–H groups in total.